The first-order valence-electron chi connectivity index (χ1n) is 7.64. The van der Waals surface area contributed by atoms with Gasteiger partial charge in [-0.3, -0.25) is 0 Å². The van der Waals surface area contributed by atoms with E-state index in [0.29, 0.717) is 6.10 Å². The van der Waals surface area contributed by atoms with Crippen molar-refractivity contribution < 1.29 is 4.74 Å². The van der Waals surface area contributed by atoms with Gasteiger partial charge in [-0.2, -0.15) is 0 Å². The van der Waals surface area contributed by atoms with E-state index in [1.165, 1.54) is 43.4 Å². The highest BCUT2D eigenvalue weighted by atomic mass is 16.5. The van der Waals surface area contributed by atoms with Crippen LogP contribution in [0, 0.1) is 6.92 Å². The normalized spacial score (nSPS) is 12.4. The van der Waals surface area contributed by atoms with Crippen molar-refractivity contribution >= 4 is 5.69 Å². The smallest absolute Gasteiger partial charge is 0.0642 e. The zero-order valence-electron chi connectivity index (χ0n) is 12.7. The summed E-state index contributed by atoms with van der Waals surface area (Å²) in [7, 11) is 0. The molecule has 2 nitrogen and oxygen atoms in total. The van der Waals surface area contributed by atoms with Gasteiger partial charge in [0.2, 0.25) is 0 Å². The second-order valence-electron chi connectivity index (χ2n) is 5.33. The summed E-state index contributed by atoms with van der Waals surface area (Å²) >= 11 is 0. The van der Waals surface area contributed by atoms with E-state index in [-0.39, 0.29) is 0 Å². The highest BCUT2D eigenvalue weighted by Gasteiger charge is 2.01. The van der Waals surface area contributed by atoms with Gasteiger partial charge in [-0.1, -0.05) is 44.7 Å². The van der Waals surface area contributed by atoms with Crippen molar-refractivity contribution in [1.29, 1.82) is 0 Å². The maximum Gasteiger partial charge on any atom is 0.0642 e. The Kier molecular flexibility index (Phi) is 8.31. The topological polar surface area (TPSA) is 21.3 Å². The van der Waals surface area contributed by atoms with Gasteiger partial charge >= 0.3 is 0 Å². The van der Waals surface area contributed by atoms with Crippen molar-refractivity contribution in [3.63, 3.8) is 0 Å². The lowest BCUT2D eigenvalue weighted by Crippen LogP contribution is -2.15. The third-order valence-corrected chi connectivity index (χ3v) is 3.32. The minimum atomic E-state index is 0.385. The summed E-state index contributed by atoms with van der Waals surface area (Å²) in [4.78, 5) is 0. The van der Waals surface area contributed by atoms with Gasteiger partial charge in [-0.05, 0) is 38.0 Å². The SMILES string of the molecule is CCCCCCC(C)OCCNc1cccc(C)c1. The molecule has 1 atom stereocenters. The zero-order chi connectivity index (χ0) is 13.9. The molecule has 0 radical (unpaired) electrons. The molecular weight excluding hydrogens is 234 g/mol. The van der Waals surface area contributed by atoms with Crippen molar-refractivity contribution in [1.82, 2.24) is 0 Å². The van der Waals surface area contributed by atoms with E-state index in [2.05, 4.69) is 50.4 Å². The molecule has 1 rings (SSSR count). The molecule has 0 aliphatic heterocycles. The molecule has 0 saturated heterocycles. The van der Waals surface area contributed by atoms with E-state index in [1.54, 1.807) is 0 Å². The number of aryl methyl sites for hydroxylation is 1. The Morgan fingerprint density at radius 3 is 2.79 bits per heavy atom. The Labute approximate surface area is 118 Å². The average Bonchev–Trinajstić information content (AvgIpc) is 2.40. The fourth-order valence-corrected chi connectivity index (χ4v) is 2.15. The monoisotopic (exact) mass is 263 g/mol. The van der Waals surface area contributed by atoms with Gasteiger partial charge < -0.3 is 10.1 Å². The molecule has 19 heavy (non-hydrogen) atoms. The fraction of sp³-hybridized carbons (Fsp3) is 0.647. The van der Waals surface area contributed by atoms with Gasteiger partial charge in [-0.25, -0.2) is 0 Å². The summed E-state index contributed by atoms with van der Waals surface area (Å²) in [5.41, 5.74) is 2.47. The molecule has 1 unspecified atom stereocenters. The number of rotatable bonds is 10. The average molecular weight is 263 g/mol. The van der Waals surface area contributed by atoms with Gasteiger partial charge in [0.1, 0.15) is 0 Å². The molecule has 1 aromatic carbocycles. The summed E-state index contributed by atoms with van der Waals surface area (Å²) in [6.07, 6.45) is 6.85. The maximum absolute atomic E-state index is 5.81. The lowest BCUT2D eigenvalue weighted by molar-refractivity contribution is 0.0658. The van der Waals surface area contributed by atoms with Crippen molar-refractivity contribution in [3.05, 3.63) is 29.8 Å². The Morgan fingerprint density at radius 1 is 1.21 bits per heavy atom. The number of ether oxygens (including phenoxy) is 1. The second kappa shape index (κ2) is 9.85. The first-order chi connectivity index (χ1) is 9.22. The van der Waals surface area contributed by atoms with Gasteiger partial charge in [-0.15, -0.1) is 0 Å². The summed E-state index contributed by atoms with van der Waals surface area (Å²) in [5, 5.41) is 3.39. The molecule has 0 amide bonds. The summed E-state index contributed by atoms with van der Waals surface area (Å²) in [6, 6.07) is 8.45. The van der Waals surface area contributed by atoms with Gasteiger partial charge in [0.05, 0.1) is 12.7 Å². The standard InChI is InChI=1S/C17H29NO/c1-4-5-6-7-10-16(3)19-13-12-18-17-11-8-9-15(2)14-17/h8-9,11,14,16,18H,4-7,10,12-13H2,1-3H3. The minimum Gasteiger partial charge on any atom is -0.383 e. The molecule has 0 bridgehead atoms. The third kappa shape index (κ3) is 7.89. The van der Waals surface area contributed by atoms with Crippen LogP contribution in [0.1, 0.15) is 51.5 Å². The maximum atomic E-state index is 5.81. The van der Waals surface area contributed by atoms with Crippen LogP contribution < -0.4 is 5.32 Å². The zero-order valence-corrected chi connectivity index (χ0v) is 12.7. The number of benzene rings is 1. The van der Waals surface area contributed by atoms with E-state index >= 15 is 0 Å². The molecule has 0 aliphatic rings. The van der Waals surface area contributed by atoms with E-state index in [0.717, 1.165) is 13.2 Å². The first kappa shape index (κ1) is 16.0. The van der Waals surface area contributed by atoms with Gasteiger partial charge in [0, 0.05) is 12.2 Å². The lowest BCUT2D eigenvalue weighted by Gasteiger charge is -2.14. The molecule has 0 heterocycles. The van der Waals surface area contributed by atoms with E-state index in [1.807, 2.05) is 0 Å². The van der Waals surface area contributed by atoms with Gasteiger partial charge in [0.25, 0.3) is 0 Å². The molecule has 0 spiro atoms. The molecule has 1 aromatic rings. The van der Waals surface area contributed by atoms with Crippen LogP contribution in [0.15, 0.2) is 24.3 Å². The van der Waals surface area contributed by atoms with Crippen molar-refractivity contribution in [2.45, 2.75) is 59.0 Å². The molecule has 0 saturated carbocycles. The van der Waals surface area contributed by atoms with E-state index in [9.17, 15) is 0 Å². The van der Waals surface area contributed by atoms with Crippen LogP contribution in [-0.4, -0.2) is 19.3 Å². The second-order valence-corrected chi connectivity index (χ2v) is 5.33. The largest absolute Gasteiger partial charge is 0.383 e. The van der Waals surface area contributed by atoms with E-state index < -0.39 is 0 Å². The van der Waals surface area contributed by atoms with Crippen LogP contribution in [0.25, 0.3) is 0 Å². The molecule has 1 N–H and O–H groups in total. The Bertz CT molecular complexity index is 338. The highest BCUT2D eigenvalue weighted by molar-refractivity contribution is 5.45. The lowest BCUT2D eigenvalue weighted by atomic mass is 10.1. The molecule has 2 heteroatoms. The van der Waals surface area contributed by atoms with E-state index in [4.69, 9.17) is 4.74 Å². The van der Waals surface area contributed by atoms with Crippen molar-refractivity contribution in [2.24, 2.45) is 0 Å². The first-order valence-corrected chi connectivity index (χ1v) is 7.64. The summed E-state index contributed by atoms with van der Waals surface area (Å²) in [6.45, 7) is 8.20. The van der Waals surface area contributed by atoms with Gasteiger partial charge in [0.15, 0.2) is 0 Å². The Balaban J connectivity index is 2.03. The van der Waals surface area contributed by atoms with Crippen LogP contribution >= 0.6 is 0 Å². The molecule has 0 aromatic heterocycles. The van der Waals surface area contributed by atoms with Crippen LogP contribution in [-0.2, 0) is 4.74 Å². The minimum absolute atomic E-state index is 0.385. The Hall–Kier alpha value is -1.02. The number of unbranched alkanes of at least 4 members (excludes halogenated alkanes) is 3. The quantitative estimate of drug-likeness (QED) is 0.613. The third-order valence-electron chi connectivity index (χ3n) is 3.32. The predicted molar refractivity (Wildman–Crippen MR) is 83.8 cm³/mol. The number of nitrogens with one attached hydrogen (secondary N) is 1. The predicted octanol–water partition coefficient (Wildman–Crippen LogP) is 4.78. The Morgan fingerprint density at radius 2 is 2.05 bits per heavy atom. The van der Waals surface area contributed by atoms with Crippen LogP contribution in [0.5, 0.6) is 0 Å². The van der Waals surface area contributed by atoms with Crippen LogP contribution in [0.2, 0.25) is 0 Å². The summed E-state index contributed by atoms with van der Waals surface area (Å²) < 4.78 is 5.81. The number of anilines is 1. The number of hydrogen-bond acceptors (Lipinski definition) is 2. The van der Waals surface area contributed by atoms with Crippen molar-refractivity contribution in [2.75, 3.05) is 18.5 Å². The van der Waals surface area contributed by atoms with Crippen molar-refractivity contribution in [3.8, 4) is 0 Å². The van der Waals surface area contributed by atoms with Crippen LogP contribution in [0.4, 0.5) is 5.69 Å². The summed E-state index contributed by atoms with van der Waals surface area (Å²) in [5.74, 6) is 0. The molecule has 108 valence electrons. The molecule has 0 aliphatic carbocycles. The fourth-order valence-electron chi connectivity index (χ4n) is 2.15. The number of hydrogen-bond donors (Lipinski definition) is 1. The highest BCUT2D eigenvalue weighted by Crippen LogP contribution is 2.10. The van der Waals surface area contributed by atoms with Crippen LogP contribution in [0.3, 0.4) is 0 Å². The molecule has 0 fully saturated rings. The molecular formula is C17H29NO.